The highest BCUT2D eigenvalue weighted by Crippen LogP contribution is 2.11. The molecule has 0 radical (unpaired) electrons. The Morgan fingerprint density at radius 3 is 2.63 bits per heavy atom. The number of nitrogens with zero attached hydrogens (tertiary/aromatic N) is 1. The number of amides is 1. The van der Waals surface area contributed by atoms with E-state index in [2.05, 4.69) is 5.32 Å². The number of rotatable bonds is 5. The van der Waals surface area contributed by atoms with Gasteiger partial charge in [0.2, 0.25) is 5.91 Å². The van der Waals surface area contributed by atoms with Gasteiger partial charge in [-0.1, -0.05) is 0 Å². The lowest BCUT2D eigenvalue weighted by Gasteiger charge is -2.27. The van der Waals surface area contributed by atoms with Crippen LogP contribution in [0.5, 0.6) is 5.75 Å². The molecule has 0 atom stereocenters. The fourth-order valence-corrected chi connectivity index (χ4v) is 2.02. The van der Waals surface area contributed by atoms with E-state index in [1.807, 2.05) is 4.90 Å². The molecule has 0 aliphatic carbocycles. The second kappa shape index (κ2) is 7.09. The molecule has 1 amide bonds. The van der Waals surface area contributed by atoms with Gasteiger partial charge < -0.3 is 15.0 Å². The zero-order valence-electron chi connectivity index (χ0n) is 10.9. The van der Waals surface area contributed by atoms with E-state index in [-0.39, 0.29) is 11.7 Å². The molecule has 5 heteroatoms. The van der Waals surface area contributed by atoms with Gasteiger partial charge in [-0.25, -0.2) is 4.39 Å². The summed E-state index contributed by atoms with van der Waals surface area (Å²) in [4.78, 5) is 13.7. The van der Waals surface area contributed by atoms with Crippen LogP contribution in [-0.4, -0.2) is 43.6 Å². The predicted octanol–water partition coefficient (Wildman–Crippen LogP) is 1.42. The molecule has 1 aromatic rings. The van der Waals surface area contributed by atoms with Crippen LogP contribution in [0, 0.1) is 5.82 Å². The van der Waals surface area contributed by atoms with Crippen molar-refractivity contribution in [1.29, 1.82) is 0 Å². The van der Waals surface area contributed by atoms with Crippen LogP contribution in [0.4, 0.5) is 4.39 Å². The first-order chi connectivity index (χ1) is 9.25. The fraction of sp³-hybridized carbons (Fsp3) is 0.500. The zero-order chi connectivity index (χ0) is 13.5. The Bertz CT molecular complexity index is 402. The normalized spacial score (nSPS) is 15.3. The second-order valence-electron chi connectivity index (χ2n) is 4.54. The van der Waals surface area contributed by atoms with Crippen LogP contribution in [0.2, 0.25) is 0 Å². The predicted molar refractivity (Wildman–Crippen MR) is 70.6 cm³/mol. The van der Waals surface area contributed by atoms with Gasteiger partial charge in [0.15, 0.2) is 0 Å². The van der Waals surface area contributed by atoms with Crippen molar-refractivity contribution in [2.24, 2.45) is 0 Å². The van der Waals surface area contributed by atoms with Gasteiger partial charge in [0.25, 0.3) is 0 Å². The third kappa shape index (κ3) is 4.52. The van der Waals surface area contributed by atoms with Gasteiger partial charge >= 0.3 is 0 Å². The molecule has 0 saturated carbocycles. The van der Waals surface area contributed by atoms with E-state index in [4.69, 9.17) is 4.74 Å². The number of halogens is 1. The molecule has 1 heterocycles. The first-order valence-corrected chi connectivity index (χ1v) is 6.62. The second-order valence-corrected chi connectivity index (χ2v) is 4.54. The van der Waals surface area contributed by atoms with Crippen LogP contribution in [0.1, 0.15) is 12.8 Å². The van der Waals surface area contributed by atoms with E-state index in [9.17, 15) is 9.18 Å². The maximum absolute atomic E-state index is 12.7. The molecule has 2 rings (SSSR count). The van der Waals surface area contributed by atoms with E-state index in [0.29, 0.717) is 25.2 Å². The standard InChI is InChI=1S/C14H19FN2O2/c15-12-3-5-13(6-4-12)19-11-1-2-14(18)17-9-7-16-8-10-17/h3-6,16H,1-2,7-11H2. The van der Waals surface area contributed by atoms with Crippen molar-refractivity contribution in [2.45, 2.75) is 12.8 Å². The molecule has 1 aliphatic heterocycles. The molecule has 0 spiro atoms. The molecular weight excluding hydrogens is 247 g/mol. The summed E-state index contributed by atoms with van der Waals surface area (Å²) >= 11 is 0. The van der Waals surface area contributed by atoms with Crippen LogP contribution in [0.3, 0.4) is 0 Å². The lowest BCUT2D eigenvalue weighted by molar-refractivity contribution is -0.132. The Labute approximate surface area is 112 Å². The van der Waals surface area contributed by atoms with E-state index in [1.165, 1.54) is 12.1 Å². The first kappa shape index (κ1) is 13.8. The molecule has 0 aromatic heterocycles. The first-order valence-electron chi connectivity index (χ1n) is 6.62. The Hall–Kier alpha value is -1.62. The molecule has 104 valence electrons. The van der Waals surface area contributed by atoms with Gasteiger partial charge in [-0.2, -0.15) is 0 Å². The van der Waals surface area contributed by atoms with Crippen molar-refractivity contribution in [3.63, 3.8) is 0 Å². The van der Waals surface area contributed by atoms with Crippen molar-refractivity contribution in [2.75, 3.05) is 32.8 Å². The van der Waals surface area contributed by atoms with Gasteiger partial charge in [-0.3, -0.25) is 4.79 Å². The monoisotopic (exact) mass is 266 g/mol. The summed E-state index contributed by atoms with van der Waals surface area (Å²) in [5.41, 5.74) is 0. The van der Waals surface area contributed by atoms with Crippen LogP contribution in [0.15, 0.2) is 24.3 Å². The van der Waals surface area contributed by atoms with Crippen LogP contribution < -0.4 is 10.1 Å². The highest BCUT2D eigenvalue weighted by molar-refractivity contribution is 5.76. The van der Waals surface area contributed by atoms with E-state index in [0.717, 1.165) is 26.2 Å². The summed E-state index contributed by atoms with van der Waals surface area (Å²) in [5.74, 6) is 0.543. The Balaban J connectivity index is 1.63. The van der Waals surface area contributed by atoms with Crippen molar-refractivity contribution >= 4 is 5.91 Å². The molecular formula is C14H19FN2O2. The average Bonchev–Trinajstić information content (AvgIpc) is 2.46. The lowest BCUT2D eigenvalue weighted by atomic mass is 10.2. The number of carbonyl (C=O) groups excluding carboxylic acids is 1. The van der Waals surface area contributed by atoms with Crippen molar-refractivity contribution in [3.8, 4) is 5.75 Å². The summed E-state index contributed by atoms with van der Waals surface area (Å²) in [6.45, 7) is 3.80. The summed E-state index contributed by atoms with van der Waals surface area (Å²) in [6, 6.07) is 5.91. The Kier molecular flexibility index (Phi) is 5.15. The lowest BCUT2D eigenvalue weighted by Crippen LogP contribution is -2.46. The highest BCUT2D eigenvalue weighted by atomic mass is 19.1. The van der Waals surface area contributed by atoms with Crippen molar-refractivity contribution in [3.05, 3.63) is 30.1 Å². The SMILES string of the molecule is O=C(CCCOc1ccc(F)cc1)N1CCNCC1. The smallest absolute Gasteiger partial charge is 0.222 e. The minimum atomic E-state index is -0.277. The summed E-state index contributed by atoms with van der Waals surface area (Å²) < 4.78 is 18.1. The maximum atomic E-state index is 12.7. The number of benzene rings is 1. The number of carbonyl (C=O) groups is 1. The quantitative estimate of drug-likeness (QED) is 0.819. The van der Waals surface area contributed by atoms with Gasteiger partial charge in [0, 0.05) is 32.6 Å². The molecule has 1 N–H and O–H groups in total. The van der Waals surface area contributed by atoms with Crippen LogP contribution >= 0.6 is 0 Å². The van der Waals surface area contributed by atoms with Crippen LogP contribution in [-0.2, 0) is 4.79 Å². The number of hydrogen-bond acceptors (Lipinski definition) is 3. The van der Waals surface area contributed by atoms with Crippen molar-refractivity contribution in [1.82, 2.24) is 10.2 Å². The molecule has 1 saturated heterocycles. The minimum Gasteiger partial charge on any atom is -0.494 e. The summed E-state index contributed by atoms with van der Waals surface area (Å²) in [7, 11) is 0. The summed E-state index contributed by atoms with van der Waals surface area (Å²) in [5, 5.41) is 3.21. The molecule has 0 bridgehead atoms. The average molecular weight is 266 g/mol. The molecule has 4 nitrogen and oxygen atoms in total. The van der Waals surface area contributed by atoms with Crippen LogP contribution in [0.25, 0.3) is 0 Å². The molecule has 1 fully saturated rings. The largest absolute Gasteiger partial charge is 0.494 e. The fourth-order valence-electron chi connectivity index (χ4n) is 2.02. The zero-order valence-corrected chi connectivity index (χ0v) is 10.9. The maximum Gasteiger partial charge on any atom is 0.222 e. The van der Waals surface area contributed by atoms with Gasteiger partial charge in [-0.15, -0.1) is 0 Å². The topological polar surface area (TPSA) is 41.6 Å². The number of ether oxygens (including phenoxy) is 1. The number of hydrogen-bond donors (Lipinski definition) is 1. The number of piperazine rings is 1. The molecule has 0 unspecified atom stereocenters. The van der Waals surface area contributed by atoms with E-state index >= 15 is 0 Å². The highest BCUT2D eigenvalue weighted by Gasteiger charge is 2.15. The molecule has 1 aromatic carbocycles. The van der Waals surface area contributed by atoms with Crippen molar-refractivity contribution < 1.29 is 13.9 Å². The Morgan fingerprint density at radius 2 is 1.95 bits per heavy atom. The third-order valence-electron chi connectivity index (χ3n) is 3.09. The third-order valence-corrected chi connectivity index (χ3v) is 3.09. The molecule has 1 aliphatic rings. The van der Waals surface area contributed by atoms with E-state index in [1.54, 1.807) is 12.1 Å². The Morgan fingerprint density at radius 1 is 1.26 bits per heavy atom. The number of nitrogens with one attached hydrogen (secondary N) is 1. The van der Waals surface area contributed by atoms with Gasteiger partial charge in [0.05, 0.1) is 6.61 Å². The van der Waals surface area contributed by atoms with Gasteiger partial charge in [-0.05, 0) is 30.7 Å². The van der Waals surface area contributed by atoms with E-state index < -0.39 is 0 Å². The molecule has 19 heavy (non-hydrogen) atoms. The summed E-state index contributed by atoms with van der Waals surface area (Å²) in [6.07, 6.45) is 1.18. The minimum absolute atomic E-state index is 0.184. The van der Waals surface area contributed by atoms with Gasteiger partial charge in [0.1, 0.15) is 11.6 Å².